The molecule has 5 nitrogen and oxygen atoms in total. The quantitative estimate of drug-likeness (QED) is 0.754. The van der Waals surface area contributed by atoms with Crippen LogP contribution in [0.3, 0.4) is 0 Å². The van der Waals surface area contributed by atoms with Gasteiger partial charge in [-0.2, -0.15) is 0 Å². The molecule has 2 aromatic carbocycles. The summed E-state index contributed by atoms with van der Waals surface area (Å²) in [5.41, 5.74) is 0.223. The minimum Gasteiger partial charge on any atom is -0.306 e. The first-order valence-electron chi connectivity index (χ1n) is 6.03. The van der Waals surface area contributed by atoms with Crippen LogP contribution >= 0.6 is 23.2 Å². The Morgan fingerprint density at radius 1 is 1.22 bits per heavy atom. The van der Waals surface area contributed by atoms with E-state index < -0.39 is 31.8 Å². The summed E-state index contributed by atoms with van der Waals surface area (Å²) in [6, 6.07) is 7.68. The highest BCUT2D eigenvalue weighted by Gasteiger charge is 2.22. The van der Waals surface area contributed by atoms with Crippen LogP contribution in [-0.4, -0.2) is 17.2 Å². The van der Waals surface area contributed by atoms with Crippen LogP contribution in [0.2, 0.25) is 10.0 Å². The molecule has 23 heavy (non-hydrogen) atoms. The van der Waals surface area contributed by atoms with E-state index in [1.165, 1.54) is 30.3 Å². The molecule has 0 aliphatic heterocycles. The van der Waals surface area contributed by atoms with Crippen LogP contribution in [0.25, 0.3) is 0 Å². The normalized spacial score (nSPS) is 12.9. The zero-order valence-corrected chi connectivity index (χ0v) is 14.4. The van der Waals surface area contributed by atoms with Gasteiger partial charge in [0.25, 0.3) is 10.0 Å². The van der Waals surface area contributed by atoms with Crippen molar-refractivity contribution >= 4 is 50.0 Å². The van der Waals surface area contributed by atoms with E-state index in [1.54, 1.807) is 0 Å². The first-order valence-corrected chi connectivity index (χ1v) is 9.55. The predicted octanol–water partition coefficient (Wildman–Crippen LogP) is 3.66. The summed E-state index contributed by atoms with van der Waals surface area (Å²) >= 11 is 9.22. The molecule has 1 atom stereocenters. The fourth-order valence-corrected chi connectivity index (χ4v) is 3.91. The van der Waals surface area contributed by atoms with E-state index in [1.807, 2.05) is 0 Å². The highest BCUT2D eigenvalue weighted by Crippen LogP contribution is 2.27. The lowest BCUT2D eigenvalue weighted by molar-refractivity contribution is 0.562. The molecular formula is C13H10Cl2FNO4S2. The molecule has 0 fully saturated rings. The molecule has 10 heteroatoms. The summed E-state index contributed by atoms with van der Waals surface area (Å²) in [6.07, 6.45) is 0. The van der Waals surface area contributed by atoms with E-state index in [-0.39, 0.29) is 27.0 Å². The van der Waals surface area contributed by atoms with Crippen LogP contribution in [0.15, 0.2) is 41.3 Å². The molecule has 0 saturated carbocycles. The third-order valence-corrected chi connectivity index (χ3v) is 5.27. The van der Waals surface area contributed by atoms with E-state index in [0.717, 1.165) is 6.07 Å². The average Bonchev–Trinajstić information content (AvgIpc) is 2.44. The third-order valence-electron chi connectivity index (χ3n) is 2.80. The zero-order chi connectivity index (χ0) is 17.2. The van der Waals surface area contributed by atoms with Gasteiger partial charge in [-0.05, 0) is 29.8 Å². The van der Waals surface area contributed by atoms with Crippen LogP contribution in [0, 0.1) is 5.82 Å². The van der Waals surface area contributed by atoms with Gasteiger partial charge >= 0.3 is 0 Å². The minimum atomic E-state index is -4.29. The number of hydrogen-bond donors (Lipinski definition) is 2. The number of rotatable bonds is 5. The molecule has 2 N–H and O–H groups in total. The fourth-order valence-electron chi connectivity index (χ4n) is 1.79. The predicted molar refractivity (Wildman–Crippen MR) is 88.1 cm³/mol. The molecular weight excluding hydrogens is 388 g/mol. The average molecular weight is 398 g/mol. The molecule has 0 spiro atoms. The third kappa shape index (κ3) is 4.42. The van der Waals surface area contributed by atoms with Crippen molar-refractivity contribution in [3.63, 3.8) is 0 Å². The van der Waals surface area contributed by atoms with Crippen molar-refractivity contribution in [3.05, 3.63) is 57.8 Å². The van der Waals surface area contributed by atoms with Crippen molar-refractivity contribution in [1.29, 1.82) is 0 Å². The molecule has 0 heterocycles. The van der Waals surface area contributed by atoms with Crippen molar-refractivity contribution in [1.82, 2.24) is 0 Å². The number of nitrogens with one attached hydrogen (secondary N) is 1. The summed E-state index contributed by atoms with van der Waals surface area (Å²) in [6.45, 7) is 0. The largest absolute Gasteiger partial charge is 0.306 e. The highest BCUT2D eigenvalue weighted by molar-refractivity contribution is 7.92. The maximum atomic E-state index is 13.9. The Balaban J connectivity index is 2.47. The molecule has 124 valence electrons. The number of anilines is 1. The van der Waals surface area contributed by atoms with Crippen molar-refractivity contribution in [2.75, 3.05) is 4.72 Å². The molecule has 0 bridgehead atoms. The SMILES string of the molecule is O=S(O)Cc1ccc(Cl)cc1NS(=O)(=O)c1cccc(Cl)c1F. The summed E-state index contributed by atoms with van der Waals surface area (Å²) in [4.78, 5) is -0.638. The number of hydrogen-bond acceptors (Lipinski definition) is 3. The second-order valence-electron chi connectivity index (χ2n) is 4.42. The summed E-state index contributed by atoms with van der Waals surface area (Å²) in [5, 5.41) is -0.127. The van der Waals surface area contributed by atoms with Gasteiger partial charge in [0.2, 0.25) is 0 Å². The molecule has 0 aromatic heterocycles. The van der Waals surface area contributed by atoms with Gasteiger partial charge in [-0.3, -0.25) is 4.72 Å². The lowest BCUT2D eigenvalue weighted by Gasteiger charge is -2.13. The lowest BCUT2D eigenvalue weighted by Crippen LogP contribution is -2.16. The fraction of sp³-hybridized carbons (Fsp3) is 0.0769. The first-order chi connectivity index (χ1) is 10.7. The molecule has 2 aromatic rings. The van der Waals surface area contributed by atoms with Crippen LogP contribution in [0.4, 0.5) is 10.1 Å². The molecule has 0 amide bonds. The first kappa shape index (κ1) is 18.2. The maximum absolute atomic E-state index is 13.9. The highest BCUT2D eigenvalue weighted by atomic mass is 35.5. The Morgan fingerprint density at radius 3 is 2.57 bits per heavy atom. The van der Waals surface area contributed by atoms with Crippen molar-refractivity contribution < 1.29 is 21.6 Å². The lowest BCUT2D eigenvalue weighted by atomic mass is 10.2. The number of sulfonamides is 1. The Hall–Kier alpha value is -1.19. The Labute approximate surface area is 144 Å². The van der Waals surface area contributed by atoms with Gasteiger partial charge in [0.15, 0.2) is 16.9 Å². The standard InChI is InChI=1S/C13H10Cl2FNO4S2/c14-9-5-4-8(7-22(18)19)11(6-9)17-23(20,21)12-3-1-2-10(15)13(12)16/h1-6,17H,7H2,(H,18,19). The van der Waals surface area contributed by atoms with Gasteiger partial charge in [-0.15, -0.1) is 0 Å². The Bertz CT molecular complexity index is 874. The topological polar surface area (TPSA) is 83.5 Å². The second-order valence-corrected chi connectivity index (χ2v) is 7.85. The van der Waals surface area contributed by atoms with Crippen LogP contribution in [0.1, 0.15) is 5.56 Å². The van der Waals surface area contributed by atoms with Gasteiger partial charge in [-0.25, -0.2) is 17.0 Å². The number of halogens is 3. The van der Waals surface area contributed by atoms with Gasteiger partial charge in [0.1, 0.15) is 4.90 Å². The summed E-state index contributed by atoms with van der Waals surface area (Å²) in [5.74, 6) is -1.40. The second kappa shape index (κ2) is 7.14. The Kier molecular flexibility index (Phi) is 5.64. The minimum absolute atomic E-state index is 0.0146. The molecule has 2 rings (SSSR count). The van der Waals surface area contributed by atoms with Crippen LogP contribution in [-0.2, 0) is 26.9 Å². The van der Waals surface area contributed by atoms with Crippen LogP contribution in [0.5, 0.6) is 0 Å². The van der Waals surface area contributed by atoms with E-state index in [4.69, 9.17) is 27.8 Å². The van der Waals surface area contributed by atoms with E-state index >= 15 is 0 Å². The molecule has 0 aliphatic rings. The molecule has 0 aliphatic carbocycles. The van der Waals surface area contributed by atoms with E-state index in [9.17, 15) is 17.0 Å². The monoisotopic (exact) mass is 397 g/mol. The molecule has 1 unspecified atom stereocenters. The van der Waals surface area contributed by atoms with Crippen molar-refractivity contribution in [3.8, 4) is 0 Å². The maximum Gasteiger partial charge on any atom is 0.264 e. The van der Waals surface area contributed by atoms with Crippen molar-refractivity contribution in [2.24, 2.45) is 0 Å². The van der Waals surface area contributed by atoms with Gasteiger partial charge in [-0.1, -0.05) is 35.3 Å². The van der Waals surface area contributed by atoms with Gasteiger partial charge < -0.3 is 4.55 Å². The summed E-state index contributed by atoms with van der Waals surface area (Å²) < 4.78 is 60.7. The zero-order valence-electron chi connectivity index (χ0n) is 11.3. The summed E-state index contributed by atoms with van der Waals surface area (Å²) in [7, 11) is -4.29. The van der Waals surface area contributed by atoms with E-state index in [0.29, 0.717) is 0 Å². The van der Waals surface area contributed by atoms with Crippen molar-refractivity contribution in [2.45, 2.75) is 10.6 Å². The van der Waals surface area contributed by atoms with Gasteiger partial charge in [0.05, 0.1) is 16.5 Å². The van der Waals surface area contributed by atoms with E-state index in [2.05, 4.69) is 4.72 Å². The Morgan fingerprint density at radius 2 is 1.91 bits per heavy atom. The molecule has 0 saturated heterocycles. The number of benzene rings is 2. The molecule has 0 radical (unpaired) electrons. The smallest absolute Gasteiger partial charge is 0.264 e. The van der Waals surface area contributed by atoms with Crippen LogP contribution < -0.4 is 4.72 Å². The van der Waals surface area contributed by atoms with Gasteiger partial charge in [0, 0.05) is 5.02 Å².